The van der Waals surface area contributed by atoms with E-state index >= 15 is 0 Å². The molecule has 0 aliphatic carbocycles. The number of hydrogen-bond acceptors (Lipinski definition) is 5. The first-order chi connectivity index (χ1) is 15.7. The smallest absolute Gasteiger partial charge is 0.244 e. The number of ether oxygens (including phenoxy) is 1. The van der Waals surface area contributed by atoms with E-state index in [4.69, 9.17) is 4.74 Å². The van der Waals surface area contributed by atoms with Crippen molar-refractivity contribution in [3.63, 3.8) is 0 Å². The van der Waals surface area contributed by atoms with E-state index in [0.29, 0.717) is 11.4 Å². The molecular weight excluding hydrogens is 454 g/mol. The van der Waals surface area contributed by atoms with Crippen LogP contribution in [0.2, 0.25) is 0 Å². The highest BCUT2D eigenvalue weighted by atomic mass is 32.2. The zero-order chi connectivity index (χ0) is 25.7. The average molecular weight is 490 g/mol. The van der Waals surface area contributed by atoms with Gasteiger partial charge < -0.3 is 15.0 Å². The van der Waals surface area contributed by atoms with Gasteiger partial charge in [-0.2, -0.15) is 0 Å². The van der Waals surface area contributed by atoms with Crippen LogP contribution in [0.5, 0.6) is 5.75 Å². The first kappa shape index (κ1) is 27.2. The van der Waals surface area contributed by atoms with Crippen LogP contribution in [-0.2, 0) is 26.2 Å². The van der Waals surface area contributed by atoms with Crippen LogP contribution in [0.1, 0.15) is 38.8 Å². The lowest BCUT2D eigenvalue weighted by Crippen LogP contribution is -2.54. The van der Waals surface area contributed by atoms with Crippen LogP contribution in [0.15, 0.2) is 48.5 Å². The lowest BCUT2D eigenvalue weighted by molar-refractivity contribution is -0.140. The lowest BCUT2D eigenvalue weighted by Gasteiger charge is -2.33. The van der Waals surface area contributed by atoms with Gasteiger partial charge in [0.25, 0.3) is 0 Å². The maximum absolute atomic E-state index is 13.5. The Morgan fingerprint density at radius 2 is 1.74 bits per heavy atom. The Labute approximate surface area is 202 Å². The molecule has 0 spiro atoms. The predicted molar refractivity (Wildman–Crippen MR) is 134 cm³/mol. The van der Waals surface area contributed by atoms with Gasteiger partial charge in [0.05, 0.1) is 19.1 Å². The van der Waals surface area contributed by atoms with Crippen LogP contribution in [0.25, 0.3) is 0 Å². The van der Waals surface area contributed by atoms with Crippen molar-refractivity contribution in [2.45, 2.75) is 52.7 Å². The maximum atomic E-state index is 13.5. The van der Waals surface area contributed by atoms with Gasteiger partial charge in [-0.1, -0.05) is 24.3 Å². The number of benzene rings is 2. The largest absolute Gasteiger partial charge is 0.497 e. The fourth-order valence-corrected chi connectivity index (χ4v) is 4.26. The highest BCUT2D eigenvalue weighted by molar-refractivity contribution is 7.92. The van der Waals surface area contributed by atoms with E-state index < -0.39 is 34.1 Å². The first-order valence-electron chi connectivity index (χ1n) is 11.0. The summed E-state index contributed by atoms with van der Waals surface area (Å²) in [5.41, 5.74) is 1.52. The fourth-order valence-electron chi connectivity index (χ4n) is 3.42. The Bertz CT molecular complexity index is 1130. The average Bonchev–Trinajstić information content (AvgIpc) is 2.73. The van der Waals surface area contributed by atoms with Gasteiger partial charge in [0.2, 0.25) is 21.8 Å². The van der Waals surface area contributed by atoms with Gasteiger partial charge in [-0.15, -0.1) is 0 Å². The number of amides is 2. The van der Waals surface area contributed by atoms with Crippen LogP contribution < -0.4 is 14.4 Å². The normalized spacial score (nSPS) is 12.6. The van der Waals surface area contributed by atoms with E-state index in [0.717, 1.165) is 21.7 Å². The molecule has 0 radical (unpaired) electrons. The molecule has 0 aliphatic rings. The zero-order valence-corrected chi connectivity index (χ0v) is 21.8. The summed E-state index contributed by atoms with van der Waals surface area (Å²) in [6.45, 7) is 8.73. The molecular formula is C25H35N3O5S. The summed E-state index contributed by atoms with van der Waals surface area (Å²) < 4.78 is 31.5. The van der Waals surface area contributed by atoms with E-state index in [9.17, 15) is 18.0 Å². The number of carbonyl (C=O) groups is 2. The second kappa shape index (κ2) is 10.9. The zero-order valence-electron chi connectivity index (χ0n) is 21.0. The van der Waals surface area contributed by atoms with Crippen LogP contribution >= 0.6 is 0 Å². The van der Waals surface area contributed by atoms with Gasteiger partial charge in [-0.3, -0.25) is 13.9 Å². The molecule has 0 fully saturated rings. The van der Waals surface area contributed by atoms with Crippen molar-refractivity contribution >= 4 is 27.5 Å². The van der Waals surface area contributed by atoms with Gasteiger partial charge in [0.15, 0.2) is 0 Å². The van der Waals surface area contributed by atoms with Crippen molar-refractivity contribution in [3.8, 4) is 5.75 Å². The Kier molecular flexibility index (Phi) is 8.72. The van der Waals surface area contributed by atoms with Gasteiger partial charge in [-0.25, -0.2) is 8.42 Å². The minimum atomic E-state index is -3.76. The van der Waals surface area contributed by atoms with E-state index in [1.807, 2.05) is 39.8 Å². The number of nitrogens with one attached hydrogen (secondary N) is 1. The van der Waals surface area contributed by atoms with Gasteiger partial charge in [0.1, 0.15) is 18.3 Å². The molecule has 0 bridgehead atoms. The minimum absolute atomic E-state index is 0.111. The summed E-state index contributed by atoms with van der Waals surface area (Å²) >= 11 is 0. The molecule has 2 aromatic rings. The Balaban J connectivity index is 2.42. The molecule has 34 heavy (non-hydrogen) atoms. The number of aryl methyl sites for hydroxylation is 1. The number of anilines is 1. The highest BCUT2D eigenvalue weighted by Gasteiger charge is 2.31. The van der Waals surface area contributed by atoms with Gasteiger partial charge in [-0.05, 0) is 70.0 Å². The number of nitrogens with zero attached hydrogens (tertiary/aromatic N) is 2. The number of sulfonamides is 1. The minimum Gasteiger partial charge on any atom is -0.497 e. The fraction of sp³-hybridized carbons (Fsp3) is 0.440. The summed E-state index contributed by atoms with van der Waals surface area (Å²) in [7, 11) is -2.21. The standard InChI is InChI=1S/C25H35N3O5S/c1-18-10-8-12-21(14-18)28(34(7,31)32)17-23(29)27(19(2)24(30)26-25(3,4)5)16-20-11-9-13-22(15-20)33-6/h8-15,19H,16-17H2,1-7H3,(H,26,30)/t19-/m0/s1. The summed E-state index contributed by atoms with van der Waals surface area (Å²) in [5.74, 6) is -0.203. The van der Waals surface area contributed by atoms with Crippen molar-refractivity contribution < 1.29 is 22.7 Å². The topological polar surface area (TPSA) is 96.0 Å². The second-order valence-electron chi connectivity index (χ2n) is 9.40. The predicted octanol–water partition coefficient (Wildman–Crippen LogP) is 3.10. The summed E-state index contributed by atoms with van der Waals surface area (Å²) in [6.07, 6.45) is 1.06. The molecule has 0 aliphatic heterocycles. The van der Waals surface area contributed by atoms with E-state index in [-0.39, 0.29) is 12.5 Å². The molecule has 0 aromatic heterocycles. The van der Waals surface area contributed by atoms with Crippen molar-refractivity contribution in [1.82, 2.24) is 10.2 Å². The van der Waals surface area contributed by atoms with Crippen LogP contribution in [-0.4, -0.2) is 56.6 Å². The maximum Gasteiger partial charge on any atom is 0.244 e. The van der Waals surface area contributed by atoms with E-state index in [2.05, 4.69) is 5.32 Å². The molecule has 2 amide bonds. The third-order valence-electron chi connectivity index (χ3n) is 5.12. The third kappa shape index (κ3) is 7.76. The van der Waals surface area contributed by atoms with E-state index in [1.165, 1.54) is 4.90 Å². The molecule has 2 aromatic carbocycles. The molecule has 1 N–H and O–H groups in total. The van der Waals surface area contributed by atoms with Crippen molar-refractivity contribution in [3.05, 3.63) is 59.7 Å². The summed E-state index contributed by atoms with van der Waals surface area (Å²) in [5, 5.41) is 2.90. The van der Waals surface area contributed by atoms with Crippen molar-refractivity contribution in [2.24, 2.45) is 0 Å². The number of carbonyl (C=O) groups excluding carboxylic acids is 2. The second-order valence-corrected chi connectivity index (χ2v) is 11.3. The molecule has 186 valence electrons. The Morgan fingerprint density at radius 1 is 1.09 bits per heavy atom. The van der Waals surface area contributed by atoms with Crippen LogP contribution in [0, 0.1) is 6.92 Å². The molecule has 0 saturated heterocycles. The number of rotatable bonds is 9. The van der Waals surface area contributed by atoms with Gasteiger partial charge in [0, 0.05) is 12.1 Å². The molecule has 0 unspecified atom stereocenters. The Morgan fingerprint density at radius 3 is 2.29 bits per heavy atom. The van der Waals surface area contributed by atoms with Crippen LogP contribution in [0.3, 0.4) is 0 Å². The third-order valence-corrected chi connectivity index (χ3v) is 6.26. The summed E-state index contributed by atoms with van der Waals surface area (Å²) in [4.78, 5) is 27.9. The molecule has 0 saturated carbocycles. The highest BCUT2D eigenvalue weighted by Crippen LogP contribution is 2.21. The van der Waals surface area contributed by atoms with Crippen LogP contribution in [0.4, 0.5) is 5.69 Å². The van der Waals surface area contributed by atoms with Crippen molar-refractivity contribution in [2.75, 3.05) is 24.2 Å². The molecule has 9 heteroatoms. The van der Waals surface area contributed by atoms with E-state index in [1.54, 1.807) is 50.4 Å². The molecule has 0 heterocycles. The molecule has 8 nitrogen and oxygen atoms in total. The first-order valence-corrected chi connectivity index (χ1v) is 12.8. The SMILES string of the molecule is COc1cccc(CN(C(=O)CN(c2cccc(C)c2)S(C)(=O)=O)[C@@H](C)C(=O)NC(C)(C)C)c1. The molecule has 2 rings (SSSR count). The summed E-state index contributed by atoms with van der Waals surface area (Å²) in [6, 6.07) is 13.3. The van der Waals surface area contributed by atoms with Gasteiger partial charge >= 0.3 is 0 Å². The number of methoxy groups -OCH3 is 1. The quantitative estimate of drug-likeness (QED) is 0.584. The number of hydrogen-bond donors (Lipinski definition) is 1. The van der Waals surface area contributed by atoms with Crippen molar-refractivity contribution in [1.29, 1.82) is 0 Å². The Hall–Kier alpha value is -3.07. The lowest BCUT2D eigenvalue weighted by atomic mass is 10.1. The monoisotopic (exact) mass is 489 g/mol. The molecule has 1 atom stereocenters.